The van der Waals surface area contributed by atoms with Crippen molar-refractivity contribution in [1.29, 1.82) is 0 Å². The van der Waals surface area contributed by atoms with Crippen molar-refractivity contribution in [2.24, 2.45) is 0 Å². The Morgan fingerprint density at radius 3 is 2.56 bits per heavy atom. The number of aryl methyl sites for hydroxylation is 2. The van der Waals surface area contributed by atoms with Gasteiger partial charge in [-0.2, -0.15) is 0 Å². The van der Waals surface area contributed by atoms with Crippen molar-refractivity contribution in [3.05, 3.63) is 64.7 Å². The highest BCUT2D eigenvalue weighted by Gasteiger charge is 2.19. The molecule has 0 aromatic heterocycles. The molecule has 1 aliphatic heterocycles. The van der Waals surface area contributed by atoms with Crippen molar-refractivity contribution in [2.75, 3.05) is 18.4 Å². The lowest BCUT2D eigenvalue weighted by Crippen LogP contribution is -2.28. The van der Waals surface area contributed by atoms with Crippen LogP contribution in [-0.4, -0.2) is 35.2 Å². The number of rotatable bonds is 6. The first kappa shape index (κ1) is 19.4. The number of carbonyl (C=O) groups is 1. The highest BCUT2D eigenvalue weighted by molar-refractivity contribution is 5.89. The molecule has 3 N–H and O–H groups in total. The highest BCUT2D eigenvalue weighted by Crippen LogP contribution is 2.16. The van der Waals surface area contributed by atoms with E-state index in [0.29, 0.717) is 6.54 Å². The molecule has 0 bridgehead atoms. The fraction of sp³-hybridized carbons (Fsp3) is 0.409. The van der Waals surface area contributed by atoms with Gasteiger partial charge in [0.25, 0.3) is 0 Å². The minimum absolute atomic E-state index is 0.186. The number of likely N-dealkylation sites (tertiary alicyclic amines) is 1. The topological polar surface area (TPSA) is 64.6 Å². The summed E-state index contributed by atoms with van der Waals surface area (Å²) in [5.41, 5.74) is 5.59. The van der Waals surface area contributed by atoms with Crippen LogP contribution in [0.3, 0.4) is 0 Å². The van der Waals surface area contributed by atoms with E-state index in [1.807, 2.05) is 24.3 Å². The Bertz CT molecular complexity index is 774. The second-order valence-electron chi connectivity index (χ2n) is 7.30. The molecule has 0 radical (unpaired) electrons. The number of aliphatic hydroxyl groups excluding tert-OH is 1. The Morgan fingerprint density at radius 1 is 1.19 bits per heavy atom. The van der Waals surface area contributed by atoms with Crippen molar-refractivity contribution >= 4 is 11.7 Å². The molecular formula is C22H29N3O2. The van der Waals surface area contributed by atoms with Crippen molar-refractivity contribution in [3.8, 4) is 0 Å². The second kappa shape index (κ2) is 9.02. The molecule has 1 atom stereocenters. The van der Waals surface area contributed by atoms with Crippen LogP contribution >= 0.6 is 0 Å². The van der Waals surface area contributed by atoms with E-state index in [-0.39, 0.29) is 12.1 Å². The summed E-state index contributed by atoms with van der Waals surface area (Å²) in [6.45, 7) is 7.23. The van der Waals surface area contributed by atoms with Crippen molar-refractivity contribution in [2.45, 2.75) is 45.9 Å². The maximum absolute atomic E-state index is 12.1. The molecule has 5 heteroatoms. The molecule has 5 nitrogen and oxygen atoms in total. The molecule has 1 fully saturated rings. The largest absolute Gasteiger partial charge is 0.392 e. The zero-order valence-electron chi connectivity index (χ0n) is 16.2. The number of hydrogen-bond acceptors (Lipinski definition) is 3. The molecular weight excluding hydrogens is 338 g/mol. The Kier molecular flexibility index (Phi) is 6.48. The number of aliphatic hydroxyl groups is 1. The molecule has 2 amide bonds. The van der Waals surface area contributed by atoms with Crippen LogP contribution in [0.25, 0.3) is 0 Å². The number of benzene rings is 2. The normalized spacial score (nSPS) is 17.1. The van der Waals surface area contributed by atoms with Gasteiger partial charge in [-0.3, -0.25) is 4.90 Å². The molecule has 1 saturated heterocycles. The molecule has 1 unspecified atom stereocenters. The molecule has 0 spiro atoms. The summed E-state index contributed by atoms with van der Waals surface area (Å²) in [5.74, 6) is 0. The van der Waals surface area contributed by atoms with Gasteiger partial charge in [-0.25, -0.2) is 4.79 Å². The average molecular weight is 367 g/mol. The molecule has 144 valence electrons. The fourth-order valence-corrected chi connectivity index (χ4v) is 3.50. The molecule has 2 aromatic rings. The molecule has 2 aromatic carbocycles. The van der Waals surface area contributed by atoms with Crippen LogP contribution in [0.2, 0.25) is 0 Å². The Labute approximate surface area is 161 Å². The molecule has 27 heavy (non-hydrogen) atoms. The standard InChI is InChI=1S/C22H29N3O2/c1-3-19-8-9-20(12-16(19)2)24-22(27)23-13-17-4-6-18(7-5-17)14-25-11-10-21(26)15-25/h4-9,12,21,26H,3,10-11,13-15H2,1-2H3,(H2,23,24,27). The number of amides is 2. The zero-order valence-corrected chi connectivity index (χ0v) is 16.2. The van der Waals surface area contributed by atoms with Gasteiger partial charge < -0.3 is 15.7 Å². The Balaban J connectivity index is 1.46. The van der Waals surface area contributed by atoms with E-state index >= 15 is 0 Å². The second-order valence-corrected chi connectivity index (χ2v) is 7.30. The maximum Gasteiger partial charge on any atom is 0.319 e. The number of anilines is 1. The lowest BCUT2D eigenvalue weighted by molar-refractivity contribution is 0.175. The van der Waals surface area contributed by atoms with Crippen LogP contribution in [-0.2, 0) is 19.5 Å². The van der Waals surface area contributed by atoms with Gasteiger partial charge in [0, 0.05) is 31.9 Å². The third-order valence-electron chi connectivity index (χ3n) is 5.11. The predicted octanol–water partition coefficient (Wildman–Crippen LogP) is 3.45. The minimum Gasteiger partial charge on any atom is -0.392 e. The molecule has 1 aliphatic rings. The van der Waals surface area contributed by atoms with E-state index in [4.69, 9.17) is 0 Å². The monoisotopic (exact) mass is 367 g/mol. The zero-order chi connectivity index (χ0) is 19.2. The summed E-state index contributed by atoms with van der Waals surface area (Å²) >= 11 is 0. The van der Waals surface area contributed by atoms with Crippen molar-refractivity contribution < 1.29 is 9.90 Å². The third kappa shape index (κ3) is 5.55. The van der Waals surface area contributed by atoms with E-state index in [2.05, 4.69) is 47.6 Å². The van der Waals surface area contributed by atoms with Crippen molar-refractivity contribution in [1.82, 2.24) is 10.2 Å². The van der Waals surface area contributed by atoms with Crippen LogP contribution in [0.4, 0.5) is 10.5 Å². The van der Waals surface area contributed by atoms with Crippen LogP contribution in [0.5, 0.6) is 0 Å². The van der Waals surface area contributed by atoms with E-state index in [1.54, 1.807) is 0 Å². The number of hydrogen-bond donors (Lipinski definition) is 3. The molecule has 3 rings (SSSR count). The van der Waals surface area contributed by atoms with Crippen molar-refractivity contribution in [3.63, 3.8) is 0 Å². The first-order valence-corrected chi connectivity index (χ1v) is 9.66. The molecule has 1 heterocycles. The predicted molar refractivity (Wildman–Crippen MR) is 109 cm³/mol. The van der Waals surface area contributed by atoms with E-state index in [0.717, 1.165) is 43.7 Å². The van der Waals surface area contributed by atoms with Gasteiger partial charge in [0.2, 0.25) is 0 Å². The van der Waals surface area contributed by atoms with Gasteiger partial charge in [0.1, 0.15) is 0 Å². The van der Waals surface area contributed by atoms with Crippen LogP contribution < -0.4 is 10.6 Å². The summed E-state index contributed by atoms with van der Waals surface area (Å²) in [6, 6.07) is 14.1. The summed E-state index contributed by atoms with van der Waals surface area (Å²) < 4.78 is 0. The molecule has 0 saturated carbocycles. The number of nitrogens with one attached hydrogen (secondary N) is 2. The SMILES string of the molecule is CCc1ccc(NC(=O)NCc2ccc(CN3CCC(O)C3)cc2)cc1C. The Hall–Kier alpha value is -2.37. The van der Waals surface area contributed by atoms with E-state index in [9.17, 15) is 9.90 Å². The van der Waals surface area contributed by atoms with Gasteiger partial charge >= 0.3 is 6.03 Å². The summed E-state index contributed by atoms with van der Waals surface area (Å²) in [7, 11) is 0. The van der Waals surface area contributed by atoms with Gasteiger partial charge in [0.05, 0.1) is 6.10 Å². The number of β-amino-alcohol motifs (C(OH)–C–C–N with tert-alkyl or cyclic N) is 1. The first-order chi connectivity index (χ1) is 13.0. The van der Waals surface area contributed by atoms with E-state index < -0.39 is 0 Å². The van der Waals surface area contributed by atoms with Gasteiger partial charge in [0.15, 0.2) is 0 Å². The number of nitrogens with zero attached hydrogens (tertiary/aromatic N) is 1. The highest BCUT2D eigenvalue weighted by atomic mass is 16.3. The lowest BCUT2D eigenvalue weighted by atomic mass is 10.1. The van der Waals surface area contributed by atoms with Gasteiger partial charge in [-0.15, -0.1) is 0 Å². The average Bonchev–Trinajstić information content (AvgIpc) is 3.06. The van der Waals surface area contributed by atoms with Gasteiger partial charge in [-0.05, 0) is 54.2 Å². The number of carbonyl (C=O) groups excluding carboxylic acids is 1. The van der Waals surface area contributed by atoms with Crippen LogP contribution in [0.1, 0.15) is 35.6 Å². The lowest BCUT2D eigenvalue weighted by Gasteiger charge is -2.15. The van der Waals surface area contributed by atoms with Crippen LogP contribution in [0.15, 0.2) is 42.5 Å². The minimum atomic E-state index is -0.200. The van der Waals surface area contributed by atoms with Gasteiger partial charge in [-0.1, -0.05) is 37.3 Å². The number of urea groups is 1. The maximum atomic E-state index is 12.1. The first-order valence-electron chi connectivity index (χ1n) is 9.66. The smallest absolute Gasteiger partial charge is 0.319 e. The quantitative estimate of drug-likeness (QED) is 0.733. The fourth-order valence-electron chi connectivity index (χ4n) is 3.50. The summed E-state index contributed by atoms with van der Waals surface area (Å²) in [5, 5.41) is 15.4. The van der Waals surface area contributed by atoms with Crippen LogP contribution in [0, 0.1) is 6.92 Å². The van der Waals surface area contributed by atoms with E-state index in [1.165, 1.54) is 16.7 Å². The molecule has 0 aliphatic carbocycles. The summed E-state index contributed by atoms with van der Waals surface area (Å²) in [4.78, 5) is 14.4. The third-order valence-corrected chi connectivity index (χ3v) is 5.11. The Morgan fingerprint density at radius 2 is 1.93 bits per heavy atom. The summed E-state index contributed by atoms with van der Waals surface area (Å²) in [6.07, 6.45) is 1.67.